The van der Waals surface area contributed by atoms with Crippen LogP contribution in [0, 0.1) is 0 Å². The number of rotatable bonds is 2. The molecule has 3 rings (SSSR count). The second-order valence-corrected chi connectivity index (χ2v) is 5.80. The first kappa shape index (κ1) is 13.4. The van der Waals surface area contributed by atoms with Gasteiger partial charge in [0.2, 0.25) is 0 Å². The largest absolute Gasteiger partial charge is 0.398 e. The first-order valence-electron chi connectivity index (χ1n) is 6.50. The second-order valence-electron chi connectivity index (χ2n) is 5.02. The summed E-state index contributed by atoms with van der Waals surface area (Å²) in [6.07, 6.45) is 5.26. The zero-order valence-electron chi connectivity index (χ0n) is 11.1. The van der Waals surface area contributed by atoms with Crippen LogP contribution in [-0.4, -0.2) is 32.0 Å². The molecule has 0 aliphatic heterocycles. The van der Waals surface area contributed by atoms with E-state index in [1.54, 1.807) is 10.8 Å². The van der Waals surface area contributed by atoms with E-state index in [1.807, 2.05) is 6.26 Å². The molecule has 2 aromatic heterocycles. The highest BCUT2D eigenvalue weighted by Gasteiger charge is 2.27. The first-order chi connectivity index (χ1) is 9.60. The van der Waals surface area contributed by atoms with E-state index in [0.717, 1.165) is 6.42 Å². The standard InChI is InChI=1S/C13H16N4O2S/c1-20-13-15-6-9-10(14)5-11(19)17(12(9)16-13)7-2-3-8(18)4-7/h5-8,18H,2-4,14H2,1H3. The average Bonchev–Trinajstić information content (AvgIpc) is 2.84. The summed E-state index contributed by atoms with van der Waals surface area (Å²) in [6.45, 7) is 0. The van der Waals surface area contributed by atoms with Crippen LogP contribution >= 0.6 is 11.8 Å². The minimum absolute atomic E-state index is 0.0230. The summed E-state index contributed by atoms with van der Waals surface area (Å²) >= 11 is 1.42. The smallest absolute Gasteiger partial charge is 0.254 e. The molecule has 7 heteroatoms. The van der Waals surface area contributed by atoms with E-state index in [1.165, 1.54) is 17.8 Å². The van der Waals surface area contributed by atoms with Crippen LogP contribution in [-0.2, 0) is 0 Å². The number of pyridine rings is 1. The lowest BCUT2D eigenvalue weighted by Crippen LogP contribution is -2.25. The maximum Gasteiger partial charge on any atom is 0.254 e. The normalized spacial score (nSPS) is 22.5. The highest BCUT2D eigenvalue weighted by molar-refractivity contribution is 7.98. The van der Waals surface area contributed by atoms with Crippen molar-refractivity contribution >= 4 is 28.5 Å². The Morgan fingerprint density at radius 2 is 2.30 bits per heavy atom. The fourth-order valence-corrected chi connectivity index (χ4v) is 3.09. The molecular formula is C13H16N4O2S. The Hall–Kier alpha value is -1.60. The molecule has 3 N–H and O–H groups in total. The van der Waals surface area contributed by atoms with Gasteiger partial charge < -0.3 is 10.8 Å². The van der Waals surface area contributed by atoms with Crippen LogP contribution < -0.4 is 11.3 Å². The number of hydrogen-bond donors (Lipinski definition) is 2. The number of thioether (sulfide) groups is 1. The summed E-state index contributed by atoms with van der Waals surface area (Å²) in [7, 11) is 0. The Kier molecular flexibility index (Phi) is 3.39. The Morgan fingerprint density at radius 3 is 2.95 bits per heavy atom. The molecule has 20 heavy (non-hydrogen) atoms. The van der Waals surface area contributed by atoms with Gasteiger partial charge >= 0.3 is 0 Å². The van der Waals surface area contributed by atoms with Gasteiger partial charge in [-0.3, -0.25) is 9.36 Å². The molecule has 1 fully saturated rings. The van der Waals surface area contributed by atoms with Crippen LogP contribution in [0.25, 0.3) is 11.0 Å². The molecule has 0 radical (unpaired) electrons. The lowest BCUT2D eigenvalue weighted by atomic mass is 10.2. The van der Waals surface area contributed by atoms with Crippen LogP contribution in [0.5, 0.6) is 0 Å². The number of aliphatic hydroxyl groups is 1. The topological polar surface area (TPSA) is 94.0 Å². The summed E-state index contributed by atoms with van der Waals surface area (Å²) in [5.74, 6) is 0. The van der Waals surface area contributed by atoms with Crippen molar-refractivity contribution in [2.45, 2.75) is 36.6 Å². The van der Waals surface area contributed by atoms with Crippen LogP contribution in [0.3, 0.4) is 0 Å². The molecule has 0 bridgehead atoms. The summed E-state index contributed by atoms with van der Waals surface area (Å²) in [4.78, 5) is 20.9. The fraction of sp³-hybridized carbons (Fsp3) is 0.462. The summed E-state index contributed by atoms with van der Waals surface area (Å²) in [6, 6.07) is 1.39. The van der Waals surface area contributed by atoms with Gasteiger partial charge in [0.1, 0.15) is 5.65 Å². The van der Waals surface area contributed by atoms with Crippen molar-refractivity contribution in [3.63, 3.8) is 0 Å². The van der Waals surface area contributed by atoms with E-state index < -0.39 is 0 Å². The highest BCUT2D eigenvalue weighted by atomic mass is 32.2. The molecule has 2 aromatic rings. The molecule has 0 aromatic carbocycles. The minimum Gasteiger partial charge on any atom is -0.398 e. The van der Waals surface area contributed by atoms with Crippen LogP contribution in [0.2, 0.25) is 0 Å². The number of fused-ring (bicyclic) bond motifs is 1. The molecule has 2 atom stereocenters. The van der Waals surface area contributed by atoms with Gasteiger partial charge in [-0.05, 0) is 25.5 Å². The van der Waals surface area contributed by atoms with Crippen molar-refractivity contribution in [1.29, 1.82) is 0 Å². The van der Waals surface area contributed by atoms with Crippen molar-refractivity contribution < 1.29 is 5.11 Å². The minimum atomic E-state index is -0.346. The molecule has 0 saturated heterocycles. The SMILES string of the molecule is CSc1ncc2c(N)cc(=O)n(C3CCC(O)C3)c2n1. The van der Waals surface area contributed by atoms with Gasteiger partial charge in [0.15, 0.2) is 5.16 Å². The van der Waals surface area contributed by atoms with Gasteiger partial charge in [-0.25, -0.2) is 9.97 Å². The summed E-state index contributed by atoms with van der Waals surface area (Å²) < 4.78 is 1.66. The average molecular weight is 292 g/mol. The third-order valence-corrected chi connectivity index (χ3v) is 4.29. The monoisotopic (exact) mass is 292 g/mol. The third-order valence-electron chi connectivity index (χ3n) is 3.73. The zero-order valence-corrected chi connectivity index (χ0v) is 11.9. The van der Waals surface area contributed by atoms with E-state index in [0.29, 0.717) is 34.7 Å². The Balaban J connectivity index is 2.26. The summed E-state index contributed by atoms with van der Waals surface area (Å²) in [5.41, 5.74) is 6.69. The predicted molar refractivity (Wildman–Crippen MR) is 78.9 cm³/mol. The maximum atomic E-state index is 12.3. The van der Waals surface area contributed by atoms with Crippen molar-refractivity contribution in [3.8, 4) is 0 Å². The number of nitrogens with two attached hydrogens (primary N) is 1. The zero-order chi connectivity index (χ0) is 14.3. The van der Waals surface area contributed by atoms with Crippen molar-refractivity contribution in [2.24, 2.45) is 0 Å². The number of nitrogen functional groups attached to an aromatic ring is 1. The van der Waals surface area contributed by atoms with E-state index in [4.69, 9.17) is 5.73 Å². The molecule has 1 aliphatic rings. The molecule has 106 valence electrons. The predicted octanol–water partition coefficient (Wildman–Crippen LogP) is 1.18. The second kappa shape index (κ2) is 5.06. The van der Waals surface area contributed by atoms with E-state index in [-0.39, 0.29) is 17.7 Å². The molecule has 0 spiro atoms. The van der Waals surface area contributed by atoms with Crippen LogP contribution in [0.15, 0.2) is 22.2 Å². The summed E-state index contributed by atoms with van der Waals surface area (Å²) in [5, 5.41) is 11.0. The number of aliphatic hydroxyl groups excluding tert-OH is 1. The van der Waals surface area contributed by atoms with Gasteiger partial charge in [0, 0.05) is 24.0 Å². The van der Waals surface area contributed by atoms with Gasteiger partial charge in [-0.2, -0.15) is 0 Å². The van der Waals surface area contributed by atoms with Gasteiger partial charge in [0.25, 0.3) is 5.56 Å². The van der Waals surface area contributed by atoms with Crippen molar-refractivity contribution in [3.05, 3.63) is 22.6 Å². The van der Waals surface area contributed by atoms with Gasteiger partial charge in [-0.15, -0.1) is 0 Å². The molecule has 1 saturated carbocycles. The lowest BCUT2D eigenvalue weighted by Gasteiger charge is -2.17. The number of anilines is 1. The fourth-order valence-electron chi connectivity index (χ4n) is 2.75. The molecule has 1 aliphatic carbocycles. The van der Waals surface area contributed by atoms with Crippen LogP contribution in [0.1, 0.15) is 25.3 Å². The first-order valence-corrected chi connectivity index (χ1v) is 7.72. The van der Waals surface area contributed by atoms with Crippen molar-refractivity contribution in [2.75, 3.05) is 12.0 Å². The molecule has 2 heterocycles. The molecule has 2 unspecified atom stereocenters. The van der Waals surface area contributed by atoms with E-state index in [2.05, 4.69) is 9.97 Å². The molecule has 6 nitrogen and oxygen atoms in total. The number of nitrogens with zero attached hydrogens (tertiary/aromatic N) is 3. The Bertz CT molecular complexity index is 715. The molecule has 0 amide bonds. The maximum absolute atomic E-state index is 12.3. The van der Waals surface area contributed by atoms with E-state index in [9.17, 15) is 9.90 Å². The molecular weight excluding hydrogens is 276 g/mol. The quantitative estimate of drug-likeness (QED) is 0.637. The van der Waals surface area contributed by atoms with E-state index >= 15 is 0 Å². The number of hydrogen-bond acceptors (Lipinski definition) is 6. The lowest BCUT2D eigenvalue weighted by molar-refractivity contribution is 0.178. The Morgan fingerprint density at radius 1 is 1.50 bits per heavy atom. The van der Waals surface area contributed by atoms with Crippen LogP contribution in [0.4, 0.5) is 5.69 Å². The third kappa shape index (κ3) is 2.16. The number of aromatic nitrogens is 3. The Labute approximate surface area is 120 Å². The van der Waals surface area contributed by atoms with Gasteiger partial charge in [-0.1, -0.05) is 11.8 Å². The van der Waals surface area contributed by atoms with Crippen molar-refractivity contribution in [1.82, 2.24) is 14.5 Å². The highest BCUT2D eigenvalue weighted by Crippen LogP contribution is 2.31. The van der Waals surface area contributed by atoms with Gasteiger partial charge in [0.05, 0.1) is 11.5 Å².